The second-order valence-corrected chi connectivity index (χ2v) is 8.30. The van der Waals surface area contributed by atoms with Crippen LogP contribution >= 0.6 is 0 Å². The molecule has 2 saturated heterocycles. The first-order chi connectivity index (χ1) is 16.6. The first-order valence-corrected chi connectivity index (χ1v) is 11.2. The van der Waals surface area contributed by atoms with Gasteiger partial charge in [0.05, 0.1) is 24.0 Å². The third-order valence-corrected chi connectivity index (χ3v) is 6.08. The van der Waals surface area contributed by atoms with Crippen molar-refractivity contribution >= 4 is 35.0 Å². The van der Waals surface area contributed by atoms with Gasteiger partial charge >= 0.3 is 0 Å². The largest absolute Gasteiger partial charge is 0.353 e. The fourth-order valence-corrected chi connectivity index (χ4v) is 4.22. The summed E-state index contributed by atoms with van der Waals surface area (Å²) in [5, 5.41) is 2.81. The van der Waals surface area contributed by atoms with Crippen molar-refractivity contribution in [2.75, 3.05) is 52.7 Å². The average Bonchev–Trinajstić information content (AvgIpc) is 3.27. The van der Waals surface area contributed by atoms with Gasteiger partial charge in [-0.15, -0.1) is 0 Å². The molecule has 0 saturated carbocycles. The van der Waals surface area contributed by atoms with Crippen molar-refractivity contribution in [1.29, 1.82) is 0 Å². The molecule has 2 aliphatic heterocycles. The molecule has 4 heterocycles. The van der Waals surface area contributed by atoms with E-state index in [2.05, 4.69) is 30.1 Å². The molecule has 10 heteroatoms. The average molecular weight is 462 g/mol. The number of piperazine rings is 1. The van der Waals surface area contributed by atoms with Gasteiger partial charge < -0.3 is 20.0 Å². The fourth-order valence-electron chi connectivity index (χ4n) is 4.22. The number of carbonyl (C=O) groups excluding carboxylic acids is 2. The van der Waals surface area contributed by atoms with Crippen LogP contribution in [0.5, 0.6) is 0 Å². The molecule has 5 rings (SSSR count). The van der Waals surface area contributed by atoms with E-state index >= 15 is 0 Å². The third kappa shape index (κ3) is 4.66. The van der Waals surface area contributed by atoms with Crippen LogP contribution in [0.2, 0.25) is 0 Å². The van der Waals surface area contributed by atoms with E-state index in [4.69, 9.17) is 0 Å². The van der Waals surface area contributed by atoms with E-state index in [1.54, 1.807) is 18.6 Å². The molecule has 2 aliphatic rings. The minimum absolute atomic E-state index is 0.0999. The quantitative estimate of drug-likeness (QED) is 0.623. The van der Waals surface area contributed by atoms with Gasteiger partial charge in [-0.2, -0.15) is 0 Å². The summed E-state index contributed by atoms with van der Waals surface area (Å²) in [7, 11) is 0. The number of hydrogen-bond acceptors (Lipinski definition) is 7. The number of rotatable bonds is 5. The molecule has 9 nitrogen and oxygen atoms in total. The highest BCUT2D eigenvalue weighted by Crippen LogP contribution is 2.26. The van der Waals surface area contributed by atoms with Gasteiger partial charge in [-0.1, -0.05) is 6.07 Å². The van der Waals surface area contributed by atoms with Gasteiger partial charge in [0, 0.05) is 51.0 Å². The van der Waals surface area contributed by atoms with Gasteiger partial charge in [0.1, 0.15) is 11.6 Å². The lowest BCUT2D eigenvalue weighted by molar-refractivity contribution is -0.122. The van der Waals surface area contributed by atoms with Crippen LogP contribution in [0.1, 0.15) is 6.42 Å². The molecule has 1 N–H and O–H groups in total. The standard InChI is InChI=1S/C24H24FN7O2/c25-18-4-6-20(7-5-18)32-16-17(13-22(32)33)23(34)29-19-14-27-24(28-15-19)31-11-9-30(10-12-31)21-3-1-2-8-26-21/h1-8,14-15,17H,9-13,16H2,(H,29,34). The lowest BCUT2D eigenvalue weighted by Gasteiger charge is -2.35. The molecule has 0 bridgehead atoms. The second-order valence-electron chi connectivity index (χ2n) is 8.30. The highest BCUT2D eigenvalue weighted by atomic mass is 19.1. The van der Waals surface area contributed by atoms with E-state index in [1.165, 1.54) is 29.2 Å². The molecule has 3 aromatic rings. The maximum atomic E-state index is 13.2. The Balaban J connectivity index is 1.15. The number of hydrogen-bond donors (Lipinski definition) is 1. The maximum absolute atomic E-state index is 13.2. The van der Waals surface area contributed by atoms with Crippen molar-refractivity contribution in [3.63, 3.8) is 0 Å². The van der Waals surface area contributed by atoms with Crippen LogP contribution in [0.25, 0.3) is 0 Å². The van der Waals surface area contributed by atoms with Crippen LogP contribution in [-0.2, 0) is 9.59 Å². The Kier molecular flexibility index (Phi) is 6.03. The SMILES string of the molecule is O=C(Nc1cnc(N2CCN(c3ccccn3)CC2)nc1)C1CC(=O)N(c2ccc(F)cc2)C1. The molecule has 2 fully saturated rings. The molecule has 0 aliphatic carbocycles. The number of carbonyl (C=O) groups is 2. The van der Waals surface area contributed by atoms with Crippen LogP contribution < -0.4 is 20.0 Å². The zero-order valence-corrected chi connectivity index (χ0v) is 18.5. The van der Waals surface area contributed by atoms with Crippen molar-refractivity contribution < 1.29 is 14.0 Å². The Bertz CT molecular complexity index is 1150. The number of nitrogens with one attached hydrogen (secondary N) is 1. The number of benzene rings is 1. The molecule has 2 amide bonds. The van der Waals surface area contributed by atoms with Crippen molar-refractivity contribution in [2.45, 2.75) is 6.42 Å². The summed E-state index contributed by atoms with van der Waals surface area (Å²) in [5.41, 5.74) is 1.06. The molecular weight excluding hydrogens is 437 g/mol. The fraction of sp³-hybridized carbons (Fsp3) is 0.292. The van der Waals surface area contributed by atoms with E-state index in [1.807, 2.05) is 18.2 Å². The maximum Gasteiger partial charge on any atom is 0.229 e. The molecule has 34 heavy (non-hydrogen) atoms. The number of aromatic nitrogens is 3. The summed E-state index contributed by atoms with van der Waals surface area (Å²) >= 11 is 0. The minimum Gasteiger partial charge on any atom is -0.353 e. The zero-order valence-electron chi connectivity index (χ0n) is 18.5. The van der Waals surface area contributed by atoms with Gasteiger partial charge in [0.25, 0.3) is 0 Å². The summed E-state index contributed by atoms with van der Waals surface area (Å²) in [6.45, 7) is 3.42. The Morgan fingerprint density at radius 2 is 1.65 bits per heavy atom. The molecule has 0 radical (unpaired) electrons. The predicted octanol–water partition coefficient (Wildman–Crippen LogP) is 2.33. The smallest absolute Gasteiger partial charge is 0.229 e. The lowest BCUT2D eigenvalue weighted by Crippen LogP contribution is -2.47. The highest BCUT2D eigenvalue weighted by Gasteiger charge is 2.35. The Labute approximate surface area is 196 Å². The number of anilines is 4. The molecule has 1 aromatic carbocycles. The third-order valence-electron chi connectivity index (χ3n) is 6.08. The molecule has 174 valence electrons. The van der Waals surface area contributed by atoms with Crippen molar-refractivity contribution in [3.8, 4) is 0 Å². The van der Waals surface area contributed by atoms with Crippen LogP contribution in [-0.4, -0.2) is 59.5 Å². The normalized spacial score (nSPS) is 18.3. The number of nitrogens with zero attached hydrogens (tertiary/aromatic N) is 6. The van der Waals surface area contributed by atoms with Crippen molar-refractivity contribution in [2.24, 2.45) is 5.92 Å². The molecule has 1 unspecified atom stereocenters. The van der Waals surface area contributed by atoms with Crippen LogP contribution in [0.3, 0.4) is 0 Å². The van der Waals surface area contributed by atoms with Gasteiger partial charge in [-0.05, 0) is 36.4 Å². The van der Waals surface area contributed by atoms with Gasteiger partial charge in [0.15, 0.2) is 0 Å². The van der Waals surface area contributed by atoms with Crippen molar-refractivity contribution in [1.82, 2.24) is 15.0 Å². The van der Waals surface area contributed by atoms with E-state index in [9.17, 15) is 14.0 Å². The molecule has 2 aromatic heterocycles. The minimum atomic E-state index is -0.503. The first kappa shape index (κ1) is 21.7. The molecule has 0 spiro atoms. The highest BCUT2D eigenvalue weighted by molar-refractivity contribution is 6.03. The van der Waals surface area contributed by atoms with Gasteiger partial charge in [-0.3, -0.25) is 9.59 Å². The Morgan fingerprint density at radius 1 is 0.941 bits per heavy atom. The molecule has 1 atom stereocenters. The summed E-state index contributed by atoms with van der Waals surface area (Å²) in [4.78, 5) is 44.2. The van der Waals surface area contributed by atoms with Gasteiger partial charge in [0.2, 0.25) is 17.8 Å². The number of pyridine rings is 1. The topological polar surface area (TPSA) is 94.6 Å². The first-order valence-electron chi connectivity index (χ1n) is 11.2. The van der Waals surface area contributed by atoms with Crippen LogP contribution in [0.4, 0.5) is 27.5 Å². The van der Waals surface area contributed by atoms with E-state index in [0.29, 0.717) is 17.3 Å². The van der Waals surface area contributed by atoms with E-state index in [-0.39, 0.29) is 30.6 Å². The Hall–Kier alpha value is -4.08. The summed E-state index contributed by atoms with van der Waals surface area (Å²) in [5.74, 6) is 0.267. The summed E-state index contributed by atoms with van der Waals surface area (Å²) in [6.07, 6.45) is 5.06. The van der Waals surface area contributed by atoms with E-state index in [0.717, 1.165) is 32.0 Å². The van der Waals surface area contributed by atoms with Gasteiger partial charge in [-0.25, -0.2) is 19.3 Å². The summed E-state index contributed by atoms with van der Waals surface area (Å²) < 4.78 is 13.2. The van der Waals surface area contributed by atoms with Crippen LogP contribution in [0, 0.1) is 11.7 Å². The Morgan fingerprint density at radius 3 is 2.32 bits per heavy atom. The number of halogens is 1. The number of amides is 2. The monoisotopic (exact) mass is 461 g/mol. The zero-order chi connectivity index (χ0) is 23.5. The van der Waals surface area contributed by atoms with E-state index < -0.39 is 5.92 Å². The van der Waals surface area contributed by atoms with Crippen molar-refractivity contribution in [3.05, 3.63) is 66.9 Å². The lowest BCUT2D eigenvalue weighted by atomic mass is 10.1. The predicted molar refractivity (Wildman–Crippen MR) is 126 cm³/mol. The van der Waals surface area contributed by atoms with Crippen LogP contribution in [0.15, 0.2) is 61.1 Å². The second kappa shape index (κ2) is 9.42. The summed E-state index contributed by atoms with van der Waals surface area (Å²) in [6, 6.07) is 11.6. The molecular formula is C24H24FN7O2.